The Kier molecular flexibility index (Phi) is 3.32. The van der Waals surface area contributed by atoms with E-state index in [0.717, 1.165) is 29.7 Å². The van der Waals surface area contributed by atoms with Crippen molar-refractivity contribution in [3.05, 3.63) is 10.3 Å². The number of aromatic nitrogens is 3. The van der Waals surface area contributed by atoms with Gasteiger partial charge in [0.25, 0.3) is 0 Å². The van der Waals surface area contributed by atoms with Gasteiger partial charge in [0.15, 0.2) is 4.60 Å². The van der Waals surface area contributed by atoms with Gasteiger partial charge in [0.05, 0.1) is 17.3 Å². The number of hydrogen-bond donors (Lipinski definition) is 1. The molecule has 90 valence electrons. The molecular formula is C10H17BrN4O. The van der Waals surface area contributed by atoms with Crippen LogP contribution in [-0.4, -0.2) is 34.2 Å². The molecule has 0 aliphatic carbocycles. The molecule has 0 aromatic carbocycles. The fourth-order valence-electron chi connectivity index (χ4n) is 2.40. The third-order valence-electron chi connectivity index (χ3n) is 3.25. The highest BCUT2D eigenvalue weighted by atomic mass is 79.9. The fraction of sp³-hybridized carbons (Fsp3) is 0.800. The van der Waals surface area contributed by atoms with E-state index in [1.165, 1.54) is 0 Å². The van der Waals surface area contributed by atoms with Gasteiger partial charge in [0.1, 0.15) is 0 Å². The second-order valence-electron chi connectivity index (χ2n) is 4.38. The first kappa shape index (κ1) is 12.0. The molecule has 2 unspecified atom stereocenters. The molecular weight excluding hydrogens is 272 g/mol. The van der Waals surface area contributed by atoms with Crippen molar-refractivity contribution in [2.75, 3.05) is 13.7 Å². The minimum Gasteiger partial charge on any atom is -0.373 e. The summed E-state index contributed by atoms with van der Waals surface area (Å²) in [6.07, 6.45) is 2.16. The van der Waals surface area contributed by atoms with Crippen LogP contribution in [0.2, 0.25) is 0 Å². The summed E-state index contributed by atoms with van der Waals surface area (Å²) in [5.74, 6) is 0. The molecule has 16 heavy (non-hydrogen) atoms. The molecule has 1 aliphatic heterocycles. The topological polar surface area (TPSA) is 52.0 Å². The van der Waals surface area contributed by atoms with Crippen molar-refractivity contribution >= 4 is 15.9 Å². The van der Waals surface area contributed by atoms with E-state index in [2.05, 4.69) is 38.5 Å². The quantitative estimate of drug-likeness (QED) is 0.914. The van der Waals surface area contributed by atoms with Gasteiger partial charge in [-0.05, 0) is 42.7 Å². The molecule has 1 aliphatic rings. The first-order valence-corrected chi connectivity index (χ1v) is 6.24. The molecule has 0 amide bonds. The van der Waals surface area contributed by atoms with E-state index in [9.17, 15) is 0 Å². The van der Waals surface area contributed by atoms with Crippen LogP contribution in [0.4, 0.5) is 0 Å². The third-order valence-corrected chi connectivity index (χ3v) is 3.81. The Morgan fingerprint density at radius 1 is 1.62 bits per heavy atom. The van der Waals surface area contributed by atoms with Crippen molar-refractivity contribution in [1.29, 1.82) is 0 Å². The zero-order chi connectivity index (χ0) is 11.8. The zero-order valence-corrected chi connectivity index (χ0v) is 11.4. The predicted octanol–water partition coefficient (Wildman–Crippen LogP) is 1.41. The van der Waals surface area contributed by atoms with Crippen molar-refractivity contribution in [2.45, 2.75) is 31.4 Å². The molecule has 0 radical (unpaired) electrons. The highest BCUT2D eigenvalue weighted by Crippen LogP contribution is 2.38. The summed E-state index contributed by atoms with van der Waals surface area (Å²) in [6, 6.07) is 0.101. The summed E-state index contributed by atoms with van der Waals surface area (Å²) in [4.78, 5) is 0. The molecule has 1 saturated heterocycles. The minimum absolute atomic E-state index is 0.101. The van der Waals surface area contributed by atoms with Gasteiger partial charge in [-0.1, -0.05) is 5.21 Å². The fourth-order valence-corrected chi connectivity index (χ4v) is 2.96. The summed E-state index contributed by atoms with van der Waals surface area (Å²) in [7, 11) is 3.84. The maximum absolute atomic E-state index is 5.88. The lowest BCUT2D eigenvalue weighted by atomic mass is 9.91. The lowest BCUT2D eigenvalue weighted by molar-refractivity contribution is -0.0127. The number of ether oxygens (including phenoxy) is 1. The smallest absolute Gasteiger partial charge is 0.153 e. The second kappa shape index (κ2) is 4.43. The summed E-state index contributed by atoms with van der Waals surface area (Å²) in [5, 5.41) is 11.3. The molecule has 2 heterocycles. The first-order valence-electron chi connectivity index (χ1n) is 5.45. The van der Waals surface area contributed by atoms with Crippen LogP contribution in [0.3, 0.4) is 0 Å². The summed E-state index contributed by atoms with van der Waals surface area (Å²) >= 11 is 3.44. The Balaban J connectivity index is 2.36. The van der Waals surface area contributed by atoms with Gasteiger partial charge >= 0.3 is 0 Å². The van der Waals surface area contributed by atoms with Crippen molar-refractivity contribution in [3.63, 3.8) is 0 Å². The average Bonchev–Trinajstić information content (AvgIpc) is 2.80. The molecule has 2 rings (SSSR count). The number of nitrogens with one attached hydrogen (secondary N) is 1. The Morgan fingerprint density at radius 2 is 2.38 bits per heavy atom. The number of hydrogen-bond acceptors (Lipinski definition) is 4. The van der Waals surface area contributed by atoms with Crippen LogP contribution in [0.25, 0.3) is 0 Å². The SMILES string of the molecule is CNC(c1c(Br)nnn1C)C1(C)CCCO1. The third kappa shape index (κ3) is 1.89. The van der Waals surface area contributed by atoms with Gasteiger partial charge < -0.3 is 10.1 Å². The van der Waals surface area contributed by atoms with Crippen LogP contribution in [0.5, 0.6) is 0 Å². The van der Waals surface area contributed by atoms with Gasteiger partial charge in [0, 0.05) is 13.7 Å². The van der Waals surface area contributed by atoms with E-state index < -0.39 is 0 Å². The summed E-state index contributed by atoms with van der Waals surface area (Å²) < 4.78 is 8.45. The molecule has 0 saturated carbocycles. The Morgan fingerprint density at radius 3 is 2.81 bits per heavy atom. The Bertz CT molecular complexity index is 353. The van der Waals surface area contributed by atoms with Crippen molar-refractivity contribution in [2.24, 2.45) is 7.05 Å². The van der Waals surface area contributed by atoms with E-state index in [1.54, 1.807) is 4.68 Å². The van der Waals surface area contributed by atoms with Gasteiger partial charge in [-0.15, -0.1) is 5.10 Å². The maximum Gasteiger partial charge on any atom is 0.153 e. The first-order chi connectivity index (χ1) is 7.58. The molecule has 1 N–H and O–H groups in total. The van der Waals surface area contributed by atoms with Crippen LogP contribution in [0.15, 0.2) is 4.60 Å². The van der Waals surface area contributed by atoms with E-state index in [1.807, 2.05) is 14.1 Å². The van der Waals surface area contributed by atoms with Crippen molar-refractivity contribution < 1.29 is 4.74 Å². The van der Waals surface area contributed by atoms with Crippen molar-refractivity contribution in [1.82, 2.24) is 20.3 Å². The van der Waals surface area contributed by atoms with Crippen LogP contribution in [-0.2, 0) is 11.8 Å². The van der Waals surface area contributed by atoms with E-state index in [0.29, 0.717) is 0 Å². The molecule has 1 aromatic rings. The Labute approximate surface area is 104 Å². The number of likely N-dealkylation sites (N-methyl/N-ethyl adjacent to an activating group) is 1. The molecule has 1 aromatic heterocycles. The monoisotopic (exact) mass is 288 g/mol. The number of nitrogens with zero attached hydrogens (tertiary/aromatic N) is 3. The average molecular weight is 289 g/mol. The zero-order valence-electron chi connectivity index (χ0n) is 9.83. The molecule has 0 spiro atoms. The van der Waals surface area contributed by atoms with E-state index >= 15 is 0 Å². The lowest BCUT2D eigenvalue weighted by Gasteiger charge is -2.33. The molecule has 0 bridgehead atoms. The van der Waals surface area contributed by atoms with Crippen LogP contribution in [0, 0.1) is 0 Å². The van der Waals surface area contributed by atoms with Crippen LogP contribution in [0.1, 0.15) is 31.5 Å². The number of rotatable bonds is 3. The summed E-state index contributed by atoms with van der Waals surface area (Å²) in [5.41, 5.74) is 0.860. The van der Waals surface area contributed by atoms with Crippen LogP contribution < -0.4 is 5.32 Å². The number of halogens is 1. The maximum atomic E-state index is 5.88. The number of aryl methyl sites for hydroxylation is 1. The molecule has 1 fully saturated rings. The highest BCUT2D eigenvalue weighted by Gasteiger charge is 2.41. The minimum atomic E-state index is -0.174. The standard InChI is InChI=1S/C10H17BrN4O/c1-10(5-4-6-16-10)8(12-2)7-9(11)13-14-15(7)3/h8,12H,4-6H2,1-3H3. The molecule has 5 nitrogen and oxygen atoms in total. The molecule has 2 atom stereocenters. The van der Waals surface area contributed by atoms with Gasteiger partial charge in [-0.2, -0.15) is 0 Å². The second-order valence-corrected chi connectivity index (χ2v) is 5.13. The van der Waals surface area contributed by atoms with Gasteiger partial charge in [-0.3, -0.25) is 0 Å². The predicted molar refractivity (Wildman–Crippen MR) is 64.1 cm³/mol. The Hall–Kier alpha value is -0.460. The lowest BCUT2D eigenvalue weighted by Crippen LogP contribution is -2.41. The van der Waals surface area contributed by atoms with E-state index in [4.69, 9.17) is 4.74 Å². The molecule has 6 heteroatoms. The van der Waals surface area contributed by atoms with Crippen LogP contribution >= 0.6 is 15.9 Å². The largest absolute Gasteiger partial charge is 0.373 e. The summed E-state index contributed by atoms with van der Waals surface area (Å²) in [6.45, 7) is 2.97. The normalized spacial score (nSPS) is 27.2. The van der Waals surface area contributed by atoms with Gasteiger partial charge in [-0.25, -0.2) is 4.68 Å². The van der Waals surface area contributed by atoms with Crippen molar-refractivity contribution in [3.8, 4) is 0 Å². The highest BCUT2D eigenvalue weighted by molar-refractivity contribution is 9.10. The van der Waals surface area contributed by atoms with E-state index in [-0.39, 0.29) is 11.6 Å². The van der Waals surface area contributed by atoms with Gasteiger partial charge in [0.2, 0.25) is 0 Å².